The van der Waals surface area contributed by atoms with Crippen molar-refractivity contribution in [3.8, 4) is 11.5 Å². The molecular formula is C38H41N3O6S. The van der Waals surface area contributed by atoms with Crippen LogP contribution >= 0.6 is 0 Å². The Hall–Kier alpha value is -4.83. The molecule has 6 rings (SSSR count). The Morgan fingerprint density at radius 3 is 2.19 bits per heavy atom. The largest absolute Gasteiger partial charge is 0.486 e. The van der Waals surface area contributed by atoms with Crippen LogP contribution in [0.25, 0.3) is 0 Å². The summed E-state index contributed by atoms with van der Waals surface area (Å²) in [6, 6.07) is 29.4. The zero-order valence-corrected chi connectivity index (χ0v) is 27.9. The number of aryl methyl sites for hydroxylation is 1. The van der Waals surface area contributed by atoms with E-state index in [1.165, 1.54) is 12.1 Å². The van der Waals surface area contributed by atoms with Gasteiger partial charge in [0.1, 0.15) is 25.8 Å². The molecule has 0 aromatic heterocycles. The minimum Gasteiger partial charge on any atom is -0.486 e. The predicted molar refractivity (Wildman–Crippen MR) is 184 cm³/mol. The number of benzene rings is 4. The number of amides is 2. The van der Waals surface area contributed by atoms with Crippen LogP contribution in [0, 0.1) is 6.92 Å². The predicted octanol–water partition coefficient (Wildman–Crippen LogP) is 5.66. The molecule has 1 aliphatic carbocycles. The lowest BCUT2D eigenvalue weighted by molar-refractivity contribution is -0.140. The van der Waals surface area contributed by atoms with Gasteiger partial charge < -0.3 is 19.7 Å². The molecule has 10 heteroatoms. The van der Waals surface area contributed by atoms with Gasteiger partial charge in [0, 0.05) is 25.1 Å². The third kappa shape index (κ3) is 7.65. The van der Waals surface area contributed by atoms with Crippen molar-refractivity contribution in [2.45, 2.75) is 62.6 Å². The molecule has 250 valence electrons. The van der Waals surface area contributed by atoms with Gasteiger partial charge in [-0.1, -0.05) is 85.6 Å². The minimum absolute atomic E-state index is 0.0398. The van der Waals surface area contributed by atoms with Crippen LogP contribution in [0.4, 0.5) is 5.69 Å². The average molecular weight is 668 g/mol. The number of carbonyl (C=O) groups is 2. The summed E-state index contributed by atoms with van der Waals surface area (Å²) >= 11 is 0. The maximum atomic E-state index is 14.8. The highest BCUT2D eigenvalue weighted by molar-refractivity contribution is 7.92. The third-order valence-electron chi connectivity index (χ3n) is 9.00. The molecule has 1 aliphatic heterocycles. The van der Waals surface area contributed by atoms with Crippen molar-refractivity contribution in [2.75, 3.05) is 24.1 Å². The van der Waals surface area contributed by atoms with Crippen LogP contribution in [-0.2, 0) is 32.6 Å². The van der Waals surface area contributed by atoms with Gasteiger partial charge in [-0.05, 0) is 60.7 Å². The molecule has 0 unspecified atom stereocenters. The zero-order chi connectivity index (χ0) is 33.5. The van der Waals surface area contributed by atoms with Gasteiger partial charge in [0.2, 0.25) is 11.8 Å². The number of anilines is 1. The van der Waals surface area contributed by atoms with Crippen LogP contribution in [0.15, 0.2) is 108 Å². The van der Waals surface area contributed by atoms with E-state index in [9.17, 15) is 18.0 Å². The second-order valence-electron chi connectivity index (χ2n) is 12.3. The number of hydrogen-bond acceptors (Lipinski definition) is 6. The fourth-order valence-electron chi connectivity index (χ4n) is 6.33. The normalized spacial score (nSPS) is 15.0. The Bertz CT molecular complexity index is 1830. The summed E-state index contributed by atoms with van der Waals surface area (Å²) in [5, 5.41) is 3.22. The smallest absolute Gasteiger partial charge is 0.264 e. The van der Waals surface area contributed by atoms with Crippen molar-refractivity contribution in [2.24, 2.45) is 0 Å². The van der Waals surface area contributed by atoms with Crippen LogP contribution in [-0.4, -0.2) is 57.0 Å². The molecule has 4 aromatic rings. The number of nitrogens with one attached hydrogen (secondary N) is 1. The van der Waals surface area contributed by atoms with E-state index in [4.69, 9.17) is 9.47 Å². The minimum atomic E-state index is -4.22. The van der Waals surface area contributed by atoms with Crippen molar-refractivity contribution < 1.29 is 27.5 Å². The topological polar surface area (TPSA) is 105 Å². The molecule has 1 fully saturated rings. The van der Waals surface area contributed by atoms with E-state index >= 15 is 0 Å². The van der Waals surface area contributed by atoms with Gasteiger partial charge in [-0.2, -0.15) is 0 Å². The maximum absolute atomic E-state index is 14.8. The summed E-state index contributed by atoms with van der Waals surface area (Å²) in [6.07, 6.45) is 4.14. The Labute approximate surface area is 282 Å². The molecule has 1 N–H and O–H groups in total. The lowest BCUT2D eigenvalue weighted by Gasteiger charge is -2.35. The van der Waals surface area contributed by atoms with Gasteiger partial charge in [0.05, 0.1) is 10.6 Å². The highest BCUT2D eigenvalue weighted by Crippen LogP contribution is 2.36. The molecule has 0 saturated heterocycles. The van der Waals surface area contributed by atoms with E-state index in [-0.39, 0.29) is 35.5 Å². The number of ether oxygens (including phenoxy) is 2. The van der Waals surface area contributed by atoms with Gasteiger partial charge in [-0.3, -0.25) is 13.9 Å². The molecule has 9 nitrogen and oxygen atoms in total. The fourth-order valence-corrected chi connectivity index (χ4v) is 7.76. The van der Waals surface area contributed by atoms with Crippen LogP contribution in [0.5, 0.6) is 11.5 Å². The number of nitrogens with zero attached hydrogens (tertiary/aromatic N) is 2. The first-order chi connectivity index (χ1) is 23.3. The summed E-state index contributed by atoms with van der Waals surface area (Å²) < 4.78 is 41.2. The number of fused-ring (bicyclic) bond motifs is 1. The summed E-state index contributed by atoms with van der Waals surface area (Å²) in [6.45, 7) is 2.26. The summed E-state index contributed by atoms with van der Waals surface area (Å²) in [5.41, 5.74) is 2.98. The second kappa shape index (κ2) is 14.9. The third-order valence-corrected chi connectivity index (χ3v) is 10.8. The second-order valence-corrected chi connectivity index (χ2v) is 14.2. The summed E-state index contributed by atoms with van der Waals surface area (Å²) in [4.78, 5) is 30.5. The molecular weight excluding hydrogens is 627 g/mol. The highest BCUT2D eigenvalue weighted by atomic mass is 32.2. The molecule has 4 aromatic carbocycles. The van der Waals surface area contributed by atoms with Crippen molar-refractivity contribution in [1.29, 1.82) is 0 Å². The van der Waals surface area contributed by atoms with Crippen molar-refractivity contribution in [3.63, 3.8) is 0 Å². The summed E-state index contributed by atoms with van der Waals surface area (Å²) in [5.74, 6) is 0.148. The van der Waals surface area contributed by atoms with Gasteiger partial charge in [-0.25, -0.2) is 8.42 Å². The fraction of sp³-hybridized carbons (Fsp3) is 0.316. The highest BCUT2D eigenvalue weighted by Gasteiger charge is 2.36. The summed E-state index contributed by atoms with van der Waals surface area (Å²) in [7, 11) is -4.22. The lowest BCUT2D eigenvalue weighted by Crippen LogP contribution is -2.54. The quantitative estimate of drug-likeness (QED) is 0.209. The first-order valence-electron chi connectivity index (χ1n) is 16.5. The molecule has 1 saturated carbocycles. The number of carbonyl (C=O) groups excluding carboxylic acids is 2. The van der Waals surface area contributed by atoms with Crippen molar-refractivity contribution in [1.82, 2.24) is 10.2 Å². The molecule has 2 amide bonds. The van der Waals surface area contributed by atoms with E-state index in [2.05, 4.69) is 5.32 Å². The first-order valence-corrected chi connectivity index (χ1v) is 17.9. The van der Waals surface area contributed by atoms with E-state index in [0.717, 1.165) is 46.7 Å². The monoisotopic (exact) mass is 667 g/mol. The molecule has 0 spiro atoms. The van der Waals surface area contributed by atoms with E-state index in [1.54, 1.807) is 41.3 Å². The number of hydrogen-bond donors (Lipinski definition) is 1. The Morgan fingerprint density at radius 2 is 1.48 bits per heavy atom. The molecule has 48 heavy (non-hydrogen) atoms. The van der Waals surface area contributed by atoms with Gasteiger partial charge in [-0.15, -0.1) is 0 Å². The number of rotatable bonds is 12. The zero-order valence-electron chi connectivity index (χ0n) is 27.1. The SMILES string of the molecule is Cc1ccccc1CN(C(=O)CN(c1ccc2c(c1)OCCO2)S(=O)(=O)c1ccccc1)[C@H](Cc1ccccc1)C(=O)NC1CCCC1. The van der Waals surface area contributed by atoms with Crippen LogP contribution in [0.1, 0.15) is 42.4 Å². The molecule has 0 radical (unpaired) electrons. The molecule has 1 heterocycles. The van der Waals surface area contributed by atoms with E-state index in [1.807, 2.05) is 61.5 Å². The Balaban J connectivity index is 1.41. The Morgan fingerprint density at radius 1 is 0.833 bits per heavy atom. The standard InChI is InChI=1S/C38H41N3O6S/c1-28-12-8-9-15-30(28)26-40(34(24-29-13-4-2-5-14-29)38(43)39-31-16-10-11-17-31)37(42)27-41(48(44,45)33-18-6-3-7-19-33)32-20-21-35-36(25-32)47-23-22-46-35/h2-9,12-15,18-21,25,31,34H,10-11,16-17,22-24,26-27H2,1H3,(H,39,43)/t34-/m1/s1. The van der Waals surface area contributed by atoms with Crippen LogP contribution in [0.2, 0.25) is 0 Å². The number of sulfonamides is 1. The van der Waals surface area contributed by atoms with Crippen molar-refractivity contribution >= 4 is 27.5 Å². The van der Waals surface area contributed by atoms with Crippen molar-refractivity contribution in [3.05, 3.63) is 120 Å². The van der Waals surface area contributed by atoms with Crippen LogP contribution < -0.4 is 19.1 Å². The van der Waals surface area contributed by atoms with Gasteiger partial charge in [0.25, 0.3) is 10.0 Å². The first kappa shape index (κ1) is 33.1. The average Bonchev–Trinajstić information content (AvgIpc) is 3.63. The van der Waals surface area contributed by atoms with Crippen LogP contribution in [0.3, 0.4) is 0 Å². The van der Waals surface area contributed by atoms with Gasteiger partial charge in [0.15, 0.2) is 11.5 Å². The molecule has 1 atom stereocenters. The molecule has 0 bridgehead atoms. The van der Waals surface area contributed by atoms with E-state index < -0.39 is 28.5 Å². The van der Waals surface area contributed by atoms with Gasteiger partial charge >= 0.3 is 0 Å². The Kier molecular flexibility index (Phi) is 10.3. The van der Waals surface area contributed by atoms with E-state index in [0.29, 0.717) is 24.7 Å². The lowest BCUT2D eigenvalue weighted by atomic mass is 10.0. The maximum Gasteiger partial charge on any atom is 0.264 e. The molecule has 2 aliphatic rings.